The number of nitrogens with zero attached hydrogens (tertiary/aromatic N) is 4. The predicted molar refractivity (Wildman–Crippen MR) is 147 cm³/mol. The van der Waals surface area contributed by atoms with Gasteiger partial charge >= 0.3 is 4.87 Å². The molecule has 5 rings (SSSR count). The third-order valence-corrected chi connectivity index (χ3v) is 6.99. The van der Waals surface area contributed by atoms with Crippen molar-refractivity contribution >= 4 is 56.9 Å². The Morgan fingerprint density at radius 2 is 1.76 bits per heavy atom. The van der Waals surface area contributed by atoms with Crippen molar-refractivity contribution in [1.82, 2.24) is 19.8 Å². The van der Waals surface area contributed by atoms with Crippen LogP contribution in [0, 0.1) is 6.92 Å². The summed E-state index contributed by atoms with van der Waals surface area (Å²) in [6.07, 6.45) is 1.44. The Morgan fingerprint density at radius 3 is 2.51 bits per heavy atom. The van der Waals surface area contributed by atoms with E-state index >= 15 is 0 Å². The highest BCUT2D eigenvalue weighted by atomic mass is 35.5. The van der Waals surface area contributed by atoms with Crippen molar-refractivity contribution in [1.29, 1.82) is 0 Å². The van der Waals surface area contributed by atoms with E-state index in [1.165, 1.54) is 10.8 Å². The van der Waals surface area contributed by atoms with Crippen LogP contribution in [-0.2, 0) is 11.3 Å². The van der Waals surface area contributed by atoms with Gasteiger partial charge in [-0.2, -0.15) is 14.9 Å². The molecule has 0 saturated heterocycles. The highest BCUT2D eigenvalue weighted by Crippen LogP contribution is 2.38. The number of carbonyl (C=O) groups excluding carboxylic acids is 1. The van der Waals surface area contributed by atoms with Crippen LogP contribution in [0.15, 0.2) is 82.7 Å². The topological polar surface area (TPSA) is 90.5 Å². The van der Waals surface area contributed by atoms with Crippen molar-refractivity contribution in [3.8, 4) is 17.3 Å². The summed E-state index contributed by atoms with van der Waals surface area (Å²) in [5.41, 5.74) is 5.04. The van der Waals surface area contributed by atoms with E-state index in [9.17, 15) is 9.59 Å². The van der Waals surface area contributed by atoms with Gasteiger partial charge < -0.3 is 4.74 Å². The zero-order valence-electron chi connectivity index (χ0n) is 19.4. The molecule has 2 heterocycles. The molecule has 0 fully saturated rings. The maximum Gasteiger partial charge on any atom is 0.308 e. The van der Waals surface area contributed by atoms with Gasteiger partial charge in [-0.05, 0) is 43.3 Å². The molecule has 0 aliphatic heterocycles. The monoisotopic (exact) mass is 551 g/mol. The number of amides is 1. The van der Waals surface area contributed by atoms with E-state index < -0.39 is 5.91 Å². The molecule has 37 heavy (non-hydrogen) atoms. The summed E-state index contributed by atoms with van der Waals surface area (Å²) < 4.78 is 10.0. The second-order valence-corrected chi connectivity index (χ2v) is 9.73. The fourth-order valence-corrected chi connectivity index (χ4v) is 5.06. The molecule has 3 aromatic carbocycles. The molecule has 0 unspecified atom stereocenters. The van der Waals surface area contributed by atoms with Crippen LogP contribution in [0.1, 0.15) is 11.3 Å². The molecule has 0 atom stereocenters. The summed E-state index contributed by atoms with van der Waals surface area (Å²) in [5, 5.41) is 9.37. The number of thiazole rings is 1. The molecule has 0 bridgehead atoms. The number of nitrogens with one attached hydrogen (secondary N) is 1. The summed E-state index contributed by atoms with van der Waals surface area (Å²) in [4.78, 5) is 24.7. The van der Waals surface area contributed by atoms with Crippen LogP contribution in [0.25, 0.3) is 15.9 Å². The molecule has 0 saturated carbocycles. The van der Waals surface area contributed by atoms with E-state index in [0.717, 1.165) is 21.7 Å². The highest BCUT2D eigenvalue weighted by Gasteiger charge is 2.20. The first kappa shape index (κ1) is 24.8. The highest BCUT2D eigenvalue weighted by molar-refractivity contribution is 7.16. The van der Waals surface area contributed by atoms with Gasteiger partial charge in [-0.1, -0.05) is 70.9 Å². The lowest BCUT2D eigenvalue weighted by Gasteiger charge is -2.12. The van der Waals surface area contributed by atoms with Gasteiger partial charge in [0.1, 0.15) is 6.54 Å². The maximum absolute atomic E-state index is 12.6. The fraction of sp³-hybridized carbons (Fsp3) is 0.0769. The predicted octanol–water partition coefficient (Wildman–Crippen LogP) is 5.81. The van der Waals surface area contributed by atoms with Gasteiger partial charge in [0, 0.05) is 0 Å². The van der Waals surface area contributed by atoms with Crippen LogP contribution in [0.2, 0.25) is 10.0 Å². The molecule has 0 spiro atoms. The zero-order valence-corrected chi connectivity index (χ0v) is 21.7. The number of aryl methyl sites for hydroxylation is 1. The van der Waals surface area contributed by atoms with E-state index in [1.54, 1.807) is 35.9 Å². The van der Waals surface area contributed by atoms with Crippen LogP contribution in [0.5, 0.6) is 11.6 Å². The van der Waals surface area contributed by atoms with Crippen LogP contribution in [0.3, 0.4) is 0 Å². The number of para-hydroxylation sites is 3. The standard InChI is InChI=1S/C26H19Cl2N5O3S/c1-16-18(14-29-30-23(34)15-32-21-12-5-6-13-22(21)37-26(32)35)25(33(31-16)17-8-3-2-4-9-17)36-24-19(27)10-7-11-20(24)28/h2-14H,15H2,1H3,(H,30,34)/b29-14+. The Labute approximate surface area is 225 Å². The molecular weight excluding hydrogens is 533 g/mol. The number of ether oxygens (including phenoxy) is 1. The van der Waals surface area contributed by atoms with Crippen LogP contribution in [0.4, 0.5) is 0 Å². The lowest BCUT2D eigenvalue weighted by molar-refractivity contribution is -0.121. The third kappa shape index (κ3) is 5.15. The van der Waals surface area contributed by atoms with Gasteiger partial charge in [-0.15, -0.1) is 0 Å². The largest absolute Gasteiger partial charge is 0.435 e. The molecule has 0 aliphatic carbocycles. The average Bonchev–Trinajstić information content (AvgIpc) is 3.37. The quantitative estimate of drug-likeness (QED) is 0.204. The van der Waals surface area contributed by atoms with E-state index in [1.807, 2.05) is 48.5 Å². The summed E-state index contributed by atoms with van der Waals surface area (Å²) in [6.45, 7) is 1.63. The molecule has 5 aromatic rings. The second-order valence-electron chi connectivity index (χ2n) is 7.92. The molecule has 11 heteroatoms. The van der Waals surface area contributed by atoms with Gasteiger partial charge in [0.15, 0.2) is 5.75 Å². The van der Waals surface area contributed by atoms with Crippen molar-refractivity contribution in [2.75, 3.05) is 0 Å². The van der Waals surface area contributed by atoms with Crippen molar-refractivity contribution < 1.29 is 9.53 Å². The number of fused-ring (bicyclic) bond motifs is 1. The van der Waals surface area contributed by atoms with Crippen LogP contribution < -0.4 is 15.0 Å². The zero-order chi connectivity index (χ0) is 25.9. The molecular formula is C26H19Cl2N5O3S. The number of halogens is 2. The van der Waals surface area contributed by atoms with E-state index in [0.29, 0.717) is 32.7 Å². The first-order valence-electron chi connectivity index (χ1n) is 11.1. The molecule has 0 aliphatic rings. The van der Waals surface area contributed by atoms with Gasteiger partial charge in [0.25, 0.3) is 5.91 Å². The maximum atomic E-state index is 12.6. The fourth-order valence-electron chi connectivity index (χ4n) is 3.70. The molecule has 0 radical (unpaired) electrons. The summed E-state index contributed by atoms with van der Waals surface area (Å²) in [6, 6.07) is 21.8. The van der Waals surface area contributed by atoms with E-state index in [-0.39, 0.29) is 17.2 Å². The molecule has 8 nitrogen and oxygen atoms in total. The SMILES string of the molecule is Cc1nn(-c2ccccc2)c(Oc2c(Cl)cccc2Cl)c1/C=N/NC(=O)Cn1c(=O)sc2ccccc21. The average molecular weight is 552 g/mol. The number of hydrazone groups is 1. The first-order valence-corrected chi connectivity index (χ1v) is 12.7. The Kier molecular flexibility index (Phi) is 7.09. The lowest BCUT2D eigenvalue weighted by atomic mass is 10.2. The van der Waals surface area contributed by atoms with Gasteiger partial charge in [-0.25, -0.2) is 5.43 Å². The minimum atomic E-state index is -0.452. The van der Waals surface area contributed by atoms with Crippen molar-refractivity contribution in [3.63, 3.8) is 0 Å². The van der Waals surface area contributed by atoms with Gasteiger partial charge in [0.2, 0.25) is 5.88 Å². The van der Waals surface area contributed by atoms with Crippen molar-refractivity contribution in [3.05, 3.63) is 104 Å². The Bertz CT molecular complexity index is 1670. The number of benzene rings is 3. The van der Waals surface area contributed by atoms with Gasteiger partial charge in [0.05, 0.1) is 43.4 Å². The van der Waals surface area contributed by atoms with Crippen LogP contribution in [-0.4, -0.2) is 26.5 Å². The second kappa shape index (κ2) is 10.6. The lowest BCUT2D eigenvalue weighted by Crippen LogP contribution is -2.27. The summed E-state index contributed by atoms with van der Waals surface area (Å²) in [7, 11) is 0. The van der Waals surface area contributed by atoms with E-state index in [4.69, 9.17) is 27.9 Å². The Morgan fingerprint density at radius 1 is 1.05 bits per heavy atom. The molecule has 186 valence electrons. The number of aromatic nitrogens is 3. The number of hydrogen-bond donors (Lipinski definition) is 1. The number of hydrogen-bond acceptors (Lipinski definition) is 6. The van der Waals surface area contributed by atoms with Crippen LogP contribution >= 0.6 is 34.5 Å². The Hall–Kier alpha value is -3.92. The molecule has 1 amide bonds. The molecule has 1 N–H and O–H groups in total. The van der Waals surface area contributed by atoms with Crippen molar-refractivity contribution in [2.24, 2.45) is 5.10 Å². The van der Waals surface area contributed by atoms with E-state index in [2.05, 4.69) is 15.6 Å². The third-order valence-electron chi connectivity index (χ3n) is 5.44. The minimum absolute atomic E-state index is 0.166. The molecule has 2 aromatic heterocycles. The van der Waals surface area contributed by atoms with Crippen molar-refractivity contribution in [2.45, 2.75) is 13.5 Å². The smallest absolute Gasteiger partial charge is 0.308 e. The number of rotatable bonds is 7. The Balaban J connectivity index is 1.44. The first-order chi connectivity index (χ1) is 17.9. The summed E-state index contributed by atoms with van der Waals surface area (Å²) in [5.74, 6) is 0.133. The normalized spacial score (nSPS) is 11.3. The summed E-state index contributed by atoms with van der Waals surface area (Å²) >= 11 is 13.8. The van der Waals surface area contributed by atoms with Gasteiger partial charge in [-0.3, -0.25) is 14.2 Å². The minimum Gasteiger partial charge on any atom is -0.435 e. The number of carbonyl (C=O) groups is 1.